The highest BCUT2D eigenvalue weighted by Gasteiger charge is 2.28. The highest BCUT2D eigenvalue weighted by atomic mass is 35.5. The summed E-state index contributed by atoms with van der Waals surface area (Å²) in [4.78, 5) is 31.6. The van der Waals surface area contributed by atoms with E-state index in [1.165, 1.54) is 18.4 Å². The Bertz CT molecular complexity index is 859. The number of aromatic nitrogens is 1. The van der Waals surface area contributed by atoms with Gasteiger partial charge in [0.15, 0.2) is 0 Å². The zero-order valence-electron chi connectivity index (χ0n) is 16.9. The van der Waals surface area contributed by atoms with Gasteiger partial charge in [0, 0.05) is 25.2 Å². The van der Waals surface area contributed by atoms with Gasteiger partial charge in [-0.1, -0.05) is 25.4 Å². The number of amides is 1. The number of halogens is 1. The average Bonchev–Trinajstić information content (AvgIpc) is 3.09. The number of hydrogen-bond donors (Lipinski definition) is 1. The van der Waals surface area contributed by atoms with Crippen LogP contribution in [-0.2, 0) is 16.0 Å². The third-order valence-corrected chi connectivity index (χ3v) is 6.19. The molecule has 2 aromatic rings. The van der Waals surface area contributed by atoms with Crippen molar-refractivity contribution in [2.24, 2.45) is 11.8 Å². The van der Waals surface area contributed by atoms with Crippen molar-refractivity contribution in [2.45, 2.75) is 33.1 Å². The van der Waals surface area contributed by atoms with E-state index in [-0.39, 0.29) is 11.8 Å². The molecule has 1 fully saturated rings. The molecule has 6 nitrogen and oxygen atoms in total. The van der Waals surface area contributed by atoms with E-state index in [9.17, 15) is 9.59 Å². The van der Waals surface area contributed by atoms with Crippen molar-refractivity contribution in [1.29, 1.82) is 0 Å². The van der Waals surface area contributed by atoms with Gasteiger partial charge >= 0.3 is 5.97 Å². The van der Waals surface area contributed by atoms with E-state index < -0.39 is 5.97 Å². The quantitative estimate of drug-likeness (QED) is 0.669. The Morgan fingerprint density at radius 2 is 2.07 bits per heavy atom. The van der Waals surface area contributed by atoms with E-state index in [1.807, 2.05) is 17.5 Å². The second-order valence-electron chi connectivity index (χ2n) is 7.64. The second kappa shape index (κ2) is 9.59. The highest BCUT2D eigenvalue weighted by Crippen LogP contribution is 2.32. The topological polar surface area (TPSA) is 71.5 Å². The molecule has 0 aromatic carbocycles. The Morgan fingerprint density at radius 3 is 2.66 bits per heavy atom. The Morgan fingerprint density at radius 1 is 1.34 bits per heavy atom. The van der Waals surface area contributed by atoms with Crippen LogP contribution >= 0.6 is 22.9 Å². The molecule has 3 rings (SSSR count). The number of piperidine rings is 1. The molecule has 2 aromatic heterocycles. The van der Waals surface area contributed by atoms with Gasteiger partial charge in [-0.15, -0.1) is 11.3 Å². The summed E-state index contributed by atoms with van der Waals surface area (Å²) < 4.78 is 4.95. The summed E-state index contributed by atoms with van der Waals surface area (Å²) in [7, 11) is 1.37. The number of esters is 1. The molecule has 0 spiro atoms. The Labute approximate surface area is 180 Å². The largest absolute Gasteiger partial charge is 0.465 e. The number of carbonyl (C=O) groups excluding carboxylic acids is 2. The van der Waals surface area contributed by atoms with Crippen molar-refractivity contribution in [1.82, 2.24) is 4.98 Å². The zero-order chi connectivity index (χ0) is 21.0. The van der Waals surface area contributed by atoms with Crippen molar-refractivity contribution in [3.05, 3.63) is 39.9 Å². The maximum absolute atomic E-state index is 12.8. The highest BCUT2D eigenvalue weighted by molar-refractivity contribution is 7.15. The average molecular weight is 436 g/mol. The normalized spacial score (nSPS) is 14.9. The first-order valence-corrected chi connectivity index (χ1v) is 11.0. The van der Waals surface area contributed by atoms with Gasteiger partial charge in [0.05, 0.1) is 17.7 Å². The monoisotopic (exact) mass is 435 g/mol. The predicted molar refractivity (Wildman–Crippen MR) is 117 cm³/mol. The predicted octanol–water partition coefficient (Wildman–Crippen LogP) is 4.64. The number of nitrogens with zero attached hydrogens (tertiary/aromatic N) is 2. The molecular weight excluding hydrogens is 410 g/mol. The fraction of sp³-hybridized carbons (Fsp3) is 0.476. The molecular formula is C21H26ClN3O3S. The summed E-state index contributed by atoms with van der Waals surface area (Å²) >= 11 is 7.29. The third-order valence-electron chi connectivity index (χ3n) is 5.02. The van der Waals surface area contributed by atoms with Gasteiger partial charge in [-0.05, 0) is 48.3 Å². The standard InChI is InChI=1S/C21H26ClN3O3S/c1-13(2)10-15-12-29-20(18(15)21(27)28-3)24-19(26)14-6-8-25(9-7-14)17-5-4-16(22)11-23-17/h4-5,11-14H,6-10H2,1-3H3,(H,24,26). The number of carbonyl (C=O) groups is 2. The Balaban J connectivity index is 1.64. The van der Waals surface area contributed by atoms with Gasteiger partial charge in [0.25, 0.3) is 0 Å². The maximum atomic E-state index is 12.8. The van der Waals surface area contributed by atoms with Crippen LogP contribution in [0.25, 0.3) is 0 Å². The minimum atomic E-state index is -0.402. The molecule has 0 unspecified atom stereocenters. The van der Waals surface area contributed by atoms with Crippen molar-refractivity contribution in [2.75, 3.05) is 30.4 Å². The smallest absolute Gasteiger partial charge is 0.341 e. The summed E-state index contributed by atoms with van der Waals surface area (Å²) in [6.07, 6.45) is 3.86. The van der Waals surface area contributed by atoms with Gasteiger partial charge in [-0.3, -0.25) is 4.79 Å². The lowest BCUT2D eigenvalue weighted by molar-refractivity contribution is -0.120. The van der Waals surface area contributed by atoms with E-state index in [0.717, 1.165) is 43.7 Å². The number of pyridine rings is 1. The molecule has 8 heteroatoms. The van der Waals surface area contributed by atoms with Crippen LogP contribution in [0.1, 0.15) is 42.6 Å². The maximum Gasteiger partial charge on any atom is 0.341 e. The van der Waals surface area contributed by atoms with E-state index in [1.54, 1.807) is 6.20 Å². The molecule has 3 heterocycles. The van der Waals surface area contributed by atoms with Gasteiger partial charge in [-0.25, -0.2) is 9.78 Å². The van der Waals surface area contributed by atoms with Gasteiger partial charge in [-0.2, -0.15) is 0 Å². The second-order valence-corrected chi connectivity index (χ2v) is 8.96. The molecule has 156 valence electrons. The number of nitrogens with one attached hydrogen (secondary N) is 1. The molecule has 1 saturated heterocycles. The first kappa shape index (κ1) is 21.6. The molecule has 0 aliphatic carbocycles. The fourth-order valence-corrected chi connectivity index (χ4v) is 4.62. The summed E-state index contributed by atoms with van der Waals surface area (Å²) in [5, 5.41) is 6.11. The molecule has 1 aliphatic rings. The van der Waals surface area contributed by atoms with Crippen LogP contribution in [0.15, 0.2) is 23.7 Å². The lowest BCUT2D eigenvalue weighted by Crippen LogP contribution is -2.38. The SMILES string of the molecule is COC(=O)c1c(CC(C)C)csc1NC(=O)C1CCN(c2ccc(Cl)cn2)CC1. The van der Waals surface area contributed by atoms with Crippen LogP contribution in [0, 0.1) is 11.8 Å². The molecule has 1 aliphatic heterocycles. The minimum Gasteiger partial charge on any atom is -0.465 e. The number of hydrogen-bond acceptors (Lipinski definition) is 6. The number of rotatable bonds is 6. The van der Waals surface area contributed by atoms with Crippen LogP contribution in [0.2, 0.25) is 5.02 Å². The van der Waals surface area contributed by atoms with Gasteiger partial charge in [0.1, 0.15) is 10.8 Å². The summed E-state index contributed by atoms with van der Waals surface area (Å²) in [6, 6.07) is 3.72. The number of thiophene rings is 1. The van der Waals surface area contributed by atoms with Gasteiger partial charge < -0.3 is 15.0 Å². The van der Waals surface area contributed by atoms with E-state index in [4.69, 9.17) is 16.3 Å². The van der Waals surface area contributed by atoms with Crippen molar-refractivity contribution < 1.29 is 14.3 Å². The zero-order valence-corrected chi connectivity index (χ0v) is 18.5. The summed E-state index contributed by atoms with van der Waals surface area (Å²) in [6.45, 7) is 5.69. The molecule has 29 heavy (non-hydrogen) atoms. The molecule has 0 atom stereocenters. The Hall–Kier alpha value is -2.12. The van der Waals surface area contributed by atoms with Crippen molar-refractivity contribution in [3.63, 3.8) is 0 Å². The molecule has 0 bridgehead atoms. The van der Waals surface area contributed by atoms with E-state index in [0.29, 0.717) is 21.5 Å². The first-order valence-electron chi connectivity index (χ1n) is 9.75. The van der Waals surface area contributed by atoms with E-state index in [2.05, 4.69) is 29.0 Å². The van der Waals surface area contributed by atoms with Gasteiger partial charge in [0.2, 0.25) is 5.91 Å². The molecule has 0 saturated carbocycles. The number of methoxy groups -OCH3 is 1. The lowest BCUT2D eigenvalue weighted by atomic mass is 9.95. The van der Waals surface area contributed by atoms with Crippen molar-refractivity contribution >= 4 is 45.6 Å². The van der Waals surface area contributed by atoms with Crippen LogP contribution in [0.5, 0.6) is 0 Å². The van der Waals surface area contributed by atoms with Crippen LogP contribution < -0.4 is 10.2 Å². The van der Waals surface area contributed by atoms with E-state index >= 15 is 0 Å². The van der Waals surface area contributed by atoms with Crippen LogP contribution in [-0.4, -0.2) is 37.1 Å². The lowest BCUT2D eigenvalue weighted by Gasteiger charge is -2.32. The minimum absolute atomic E-state index is 0.0446. The first-order chi connectivity index (χ1) is 13.9. The Kier molecular flexibility index (Phi) is 7.14. The van der Waals surface area contributed by atoms with Crippen LogP contribution in [0.4, 0.5) is 10.8 Å². The molecule has 1 amide bonds. The third kappa shape index (κ3) is 5.28. The molecule has 1 N–H and O–H groups in total. The summed E-state index contributed by atoms with van der Waals surface area (Å²) in [5.41, 5.74) is 1.41. The fourth-order valence-electron chi connectivity index (χ4n) is 3.54. The number of anilines is 2. The van der Waals surface area contributed by atoms with Crippen molar-refractivity contribution in [3.8, 4) is 0 Å². The summed E-state index contributed by atoms with van der Waals surface area (Å²) in [5.74, 6) is 0.734. The van der Waals surface area contributed by atoms with Crippen LogP contribution in [0.3, 0.4) is 0 Å². The number of ether oxygens (including phenoxy) is 1. The molecule has 0 radical (unpaired) electrons.